The highest BCUT2D eigenvalue weighted by Crippen LogP contribution is 2.33. The maximum atomic E-state index is 14.0. The summed E-state index contributed by atoms with van der Waals surface area (Å²) in [5.41, 5.74) is 8.80. The molecule has 1 aliphatic heterocycles. The molecule has 3 aromatic carbocycles. The monoisotopic (exact) mass is 502 g/mol. The number of amides is 1. The number of aliphatic carboxylic acids is 1. The molecule has 1 heterocycles. The van der Waals surface area contributed by atoms with E-state index in [9.17, 15) is 24.3 Å². The number of fused-ring (bicyclic) bond motifs is 1. The molecule has 0 fully saturated rings. The van der Waals surface area contributed by atoms with Gasteiger partial charge in [0.2, 0.25) is 11.0 Å². The lowest BCUT2D eigenvalue weighted by Crippen LogP contribution is -2.51. The van der Waals surface area contributed by atoms with Crippen molar-refractivity contribution in [1.82, 2.24) is 0 Å². The molecule has 0 aromatic heterocycles. The van der Waals surface area contributed by atoms with Gasteiger partial charge in [-0.05, 0) is 30.0 Å². The van der Waals surface area contributed by atoms with E-state index in [1.807, 2.05) is 36.4 Å². The van der Waals surface area contributed by atoms with E-state index in [-0.39, 0.29) is 17.3 Å². The van der Waals surface area contributed by atoms with Crippen molar-refractivity contribution in [1.29, 1.82) is 0 Å². The lowest BCUT2D eigenvalue weighted by Gasteiger charge is -2.26. The molecule has 1 aliphatic rings. The van der Waals surface area contributed by atoms with E-state index in [2.05, 4.69) is 0 Å². The van der Waals surface area contributed by atoms with Gasteiger partial charge in [0.15, 0.2) is 5.78 Å². The quantitative estimate of drug-likeness (QED) is 0.485. The summed E-state index contributed by atoms with van der Waals surface area (Å²) in [7, 11) is 0. The number of Topliss-reactive ketones (excluding diaryl/α,β-unsaturated/α-hetero) is 1. The van der Waals surface area contributed by atoms with Gasteiger partial charge in [-0.3, -0.25) is 24.1 Å². The number of rotatable bonds is 8. The summed E-state index contributed by atoms with van der Waals surface area (Å²) < 4.78 is 0. The molecular formula is C28H26N2O5S. The van der Waals surface area contributed by atoms with Crippen LogP contribution in [-0.4, -0.2) is 45.7 Å². The van der Waals surface area contributed by atoms with E-state index in [4.69, 9.17) is 5.73 Å². The SMILES string of the molecule is NC1C(=O)N(CC(=O)O)c2ccccc2CC1C(=O)C(Cc1ccccc1)SC(=O)c1ccccc1. The summed E-state index contributed by atoms with van der Waals surface area (Å²) in [5, 5.41) is 8.36. The van der Waals surface area contributed by atoms with E-state index in [0.29, 0.717) is 23.2 Å². The molecule has 3 unspecified atom stereocenters. The normalized spacial score (nSPS) is 18.1. The zero-order valence-electron chi connectivity index (χ0n) is 19.4. The van der Waals surface area contributed by atoms with Gasteiger partial charge in [-0.1, -0.05) is 90.6 Å². The molecule has 3 N–H and O–H groups in total. The molecule has 3 aromatic rings. The minimum Gasteiger partial charge on any atom is -0.480 e. The van der Waals surface area contributed by atoms with Crippen LogP contribution in [0.4, 0.5) is 5.69 Å². The van der Waals surface area contributed by atoms with Gasteiger partial charge in [-0.25, -0.2) is 0 Å². The molecule has 184 valence electrons. The molecule has 4 rings (SSSR count). The number of nitrogens with two attached hydrogens (primary N) is 1. The van der Waals surface area contributed by atoms with E-state index in [1.54, 1.807) is 48.5 Å². The topological polar surface area (TPSA) is 118 Å². The lowest BCUT2D eigenvalue weighted by molar-refractivity contribution is -0.137. The first-order valence-corrected chi connectivity index (χ1v) is 12.4. The van der Waals surface area contributed by atoms with Crippen molar-refractivity contribution >= 4 is 40.2 Å². The highest BCUT2D eigenvalue weighted by Gasteiger charge is 2.41. The highest BCUT2D eigenvalue weighted by atomic mass is 32.2. The lowest BCUT2D eigenvalue weighted by atomic mass is 9.86. The first kappa shape index (κ1) is 25.3. The second-order valence-electron chi connectivity index (χ2n) is 8.64. The number of benzene rings is 3. The van der Waals surface area contributed by atoms with Crippen molar-refractivity contribution in [3.05, 3.63) is 102 Å². The zero-order valence-corrected chi connectivity index (χ0v) is 20.3. The third-order valence-corrected chi connectivity index (χ3v) is 7.34. The third-order valence-electron chi connectivity index (χ3n) is 6.21. The Morgan fingerprint density at radius 3 is 2.22 bits per heavy atom. The van der Waals surface area contributed by atoms with E-state index in [0.717, 1.165) is 22.2 Å². The van der Waals surface area contributed by atoms with Gasteiger partial charge in [0.25, 0.3) is 0 Å². The van der Waals surface area contributed by atoms with E-state index < -0.39 is 35.6 Å². The summed E-state index contributed by atoms with van der Waals surface area (Å²) in [6.45, 7) is -0.556. The molecule has 0 radical (unpaired) electrons. The standard InChI is InChI=1S/C28H26N2O5S/c29-25-21(16-20-13-7-8-14-22(20)30(27(25)34)17-24(31)32)26(33)23(15-18-9-3-1-4-10-18)36-28(35)19-11-5-2-6-12-19/h1-14,21,23,25H,15-17,29H2,(H,31,32). The molecule has 0 bridgehead atoms. The third kappa shape index (κ3) is 5.72. The van der Waals surface area contributed by atoms with Crippen molar-refractivity contribution in [2.75, 3.05) is 11.4 Å². The van der Waals surface area contributed by atoms with Gasteiger partial charge in [-0.15, -0.1) is 0 Å². The van der Waals surface area contributed by atoms with Crippen molar-refractivity contribution < 1.29 is 24.3 Å². The second kappa shape index (κ2) is 11.3. The predicted molar refractivity (Wildman–Crippen MR) is 139 cm³/mol. The molecular weight excluding hydrogens is 476 g/mol. The Bertz CT molecular complexity index is 1270. The number of carbonyl (C=O) groups is 4. The Morgan fingerprint density at radius 2 is 1.56 bits per heavy atom. The van der Waals surface area contributed by atoms with E-state index >= 15 is 0 Å². The summed E-state index contributed by atoms with van der Waals surface area (Å²) in [6.07, 6.45) is 0.463. The minimum atomic E-state index is -1.24. The zero-order chi connectivity index (χ0) is 25.7. The molecule has 3 atom stereocenters. The molecule has 1 amide bonds. The summed E-state index contributed by atoms with van der Waals surface area (Å²) >= 11 is 0.934. The summed E-state index contributed by atoms with van der Waals surface area (Å²) in [4.78, 5) is 52.9. The Kier molecular flexibility index (Phi) is 7.97. The second-order valence-corrected chi connectivity index (χ2v) is 9.81. The van der Waals surface area contributed by atoms with Crippen LogP contribution in [0, 0.1) is 5.92 Å². The Morgan fingerprint density at radius 1 is 0.944 bits per heavy atom. The molecule has 0 spiro atoms. The number of carboxylic acids is 1. The van der Waals surface area contributed by atoms with Gasteiger partial charge < -0.3 is 10.8 Å². The first-order valence-electron chi connectivity index (χ1n) is 11.6. The van der Waals surface area contributed by atoms with Crippen molar-refractivity contribution in [2.24, 2.45) is 11.7 Å². The van der Waals surface area contributed by atoms with Gasteiger partial charge in [-0.2, -0.15) is 0 Å². The van der Waals surface area contributed by atoms with E-state index in [1.165, 1.54) is 0 Å². The molecule has 0 saturated heterocycles. The maximum Gasteiger partial charge on any atom is 0.323 e. The van der Waals surface area contributed by atoms with Gasteiger partial charge >= 0.3 is 5.97 Å². The van der Waals surface area contributed by atoms with Crippen LogP contribution in [0.15, 0.2) is 84.9 Å². The predicted octanol–water partition coefficient (Wildman–Crippen LogP) is 3.36. The van der Waals surface area contributed by atoms with Crippen LogP contribution in [0.1, 0.15) is 21.5 Å². The number of carboxylic acid groups (broad SMARTS) is 1. The number of nitrogens with zero attached hydrogens (tertiary/aromatic N) is 1. The fourth-order valence-corrected chi connectivity index (χ4v) is 5.49. The van der Waals surface area contributed by atoms with Gasteiger partial charge in [0.1, 0.15) is 6.54 Å². The molecule has 7 nitrogen and oxygen atoms in total. The molecule has 36 heavy (non-hydrogen) atoms. The number of thioether (sulfide) groups is 1. The molecule has 0 saturated carbocycles. The average molecular weight is 503 g/mol. The summed E-state index contributed by atoms with van der Waals surface area (Å²) in [5.74, 6) is -3.03. The molecule has 8 heteroatoms. The van der Waals surface area contributed by atoms with Crippen LogP contribution in [0.5, 0.6) is 0 Å². The number of ketones is 1. The van der Waals surface area contributed by atoms with Crippen molar-refractivity contribution in [3.63, 3.8) is 0 Å². The van der Waals surface area contributed by atoms with Crippen LogP contribution in [0.2, 0.25) is 0 Å². The van der Waals surface area contributed by atoms with Crippen LogP contribution in [-0.2, 0) is 27.2 Å². The van der Waals surface area contributed by atoms with Crippen molar-refractivity contribution in [2.45, 2.75) is 24.1 Å². The Hall–Kier alpha value is -3.75. The van der Waals surface area contributed by atoms with Crippen LogP contribution >= 0.6 is 11.8 Å². The first-order chi connectivity index (χ1) is 17.3. The fourth-order valence-electron chi connectivity index (χ4n) is 4.40. The number of hydrogen-bond acceptors (Lipinski definition) is 6. The summed E-state index contributed by atoms with van der Waals surface area (Å²) in [6, 6.07) is 23.8. The number of para-hydroxylation sites is 1. The van der Waals surface area contributed by atoms with Crippen LogP contribution < -0.4 is 10.6 Å². The largest absolute Gasteiger partial charge is 0.480 e. The molecule has 0 aliphatic carbocycles. The number of carbonyl (C=O) groups excluding carboxylic acids is 3. The van der Waals surface area contributed by atoms with Gasteiger partial charge in [0, 0.05) is 17.2 Å². The minimum absolute atomic E-state index is 0.170. The average Bonchev–Trinajstić information content (AvgIpc) is 2.99. The number of hydrogen-bond donors (Lipinski definition) is 2. The highest BCUT2D eigenvalue weighted by molar-refractivity contribution is 8.15. The van der Waals surface area contributed by atoms with Crippen LogP contribution in [0.3, 0.4) is 0 Å². The Balaban J connectivity index is 1.68. The van der Waals surface area contributed by atoms with Gasteiger partial charge in [0.05, 0.1) is 11.3 Å². The van der Waals surface area contributed by atoms with Crippen LogP contribution in [0.25, 0.3) is 0 Å². The maximum absolute atomic E-state index is 14.0. The number of anilines is 1. The Labute approximate surface area is 213 Å². The smallest absolute Gasteiger partial charge is 0.323 e. The fraction of sp³-hybridized carbons (Fsp3) is 0.214. The van der Waals surface area contributed by atoms with Crippen molar-refractivity contribution in [3.8, 4) is 0 Å².